The summed E-state index contributed by atoms with van der Waals surface area (Å²) in [4.78, 5) is 4.50. The largest absolute Gasteiger partial charge is 0.302 e. The summed E-state index contributed by atoms with van der Waals surface area (Å²) < 4.78 is 3.20. The van der Waals surface area contributed by atoms with Gasteiger partial charge in [-0.2, -0.15) is 0 Å². The normalized spacial score (nSPS) is 11.0. The van der Waals surface area contributed by atoms with Crippen LogP contribution in [0.3, 0.4) is 0 Å². The zero-order chi connectivity index (χ0) is 12.5. The van der Waals surface area contributed by atoms with E-state index in [1.807, 2.05) is 12.3 Å². The molecule has 2 nitrogen and oxygen atoms in total. The van der Waals surface area contributed by atoms with Crippen molar-refractivity contribution in [2.45, 2.75) is 13.3 Å². The van der Waals surface area contributed by atoms with E-state index in [-0.39, 0.29) is 0 Å². The highest BCUT2D eigenvalue weighted by molar-refractivity contribution is 9.10. The molecule has 0 N–H and O–H groups in total. The van der Waals surface area contributed by atoms with Gasteiger partial charge in [-0.25, -0.2) is 4.98 Å². The van der Waals surface area contributed by atoms with E-state index >= 15 is 0 Å². The van der Waals surface area contributed by atoms with E-state index in [4.69, 9.17) is 0 Å². The van der Waals surface area contributed by atoms with Crippen LogP contribution in [0.1, 0.15) is 17.0 Å². The number of pyridine rings is 1. The molecule has 0 aliphatic heterocycles. The SMILES string of the molecule is Cc1cccc(Cc2ncc3ccc(Br)cn23)c1. The lowest BCUT2D eigenvalue weighted by Crippen LogP contribution is -1.96. The van der Waals surface area contributed by atoms with E-state index in [1.54, 1.807) is 0 Å². The summed E-state index contributed by atoms with van der Waals surface area (Å²) in [6.07, 6.45) is 4.83. The number of rotatable bonds is 2. The number of hydrogen-bond donors (Lipinski definition) is 0. The summed E-state index contributed by atoms with van der Waals surface area (Å²) >= 11 is 3.50. The maximum Gasteiger partial charge on any atom is 0.117 e. The van der Waals surface area contributed by atoms with Crippen molar-refractivity contribution >= 4 is 21.4 Å². The number of aromatic nitrogens is 2. The number of fused-ring (bicyclic) bond motifs is 1. The first-order valence-corrected chi connectivity index (χ1v) is 6.69. The molecular formula is C15H13BrN2. The zero-order valence-electron chi connectivity index (χ0n) is 10.1. The fourth-order valence-electron chi connectivity index (χ4n) is 2.15. The van der Waals surface area contributed by atoms with Gasteiger partial charge < -0.3 is 4.40 Å². The minimum Gasteiger partial charge on any atom is -0.302 e. The molecule has 0 saturated carbocycles. The smallest absolute Gasteiger partial charge is 0.117 e. The number of imidazole rings is 1. The molecule has 0 aliphatic rings. The quantitative estimate of drug-likeness (QED) is 0.699. The topological polar surface area (TPSA) is 17.3 Å². The Hall–Kier alpha value is -1.61. The van der Waals surface area contributed by atoms with Crippen molar-refractivity contribution in [2.24, 2.45) is 0 Å². The standard InChI is InChI=1S/C15H13BrN2/c1-11-3-2-4-12(7-11)8-15-17-9-14-6-5-13(16)10-18(14)15/h2-7,9-10H,8H2,1H3. The minimum absolute atomic E-state index is 0.853. The maximum absolute atomic E-state index is 4.50. The van der Waals surface area contributed by atoms with Gasteiger partial charge in [0.2, 0.25) is 0 Å². The van der Waals surface area contributed by atoms with Crippen LogP contribution in [0.15, 0.2) is 53.3 Å². The molecule has 3 aromatic rings. The Kier molecular flexibility index (Phi) is 2.92. The van der Waals surface area contributed by atoms with Crippen LogP contribution in [0.5, 0.6) is 0 Å². The van der Waals surface area contributed by atoms with Crippen LogP contribution in [0.4, 0.5) is 0 Å². The zero-order valence-corrected chi connectivity index (χ0v) is 11.7. The summed E-state index contributed by atoms with van der Waals surface area (Å²) in [5, 5.41) is 0. The van der Waals surface area contributed by atoms with Gasteiger partial charge in [0.15, 0.2) is 0 Å². The average Bonchev–Trinajstić information content (AvgIpc) is 2.72. The van der Waals surface area contributed by atoms with Gasteiger partial charge in [0.25, 0.3) is 0 Å². The second-order valence-corrected chi connectivity index (χ2v) is 5.40. The van der Waals surface area contributed by atoms with Crippen LogP contribution < -0.4 is 0 Å². The summed E-state index contributed by atoms with van der Waals surface area (Å²) in [7, 11) is 0. The highest BCUT2D eigenvalue weighted by Gasteiger charge is 2.05. The van der Waals surface area contributed by atoms with E-state index in [2.05, 4.69) is 68.8 Å². The van der Waals surface area contributed by atoms with Crippen molar-refractivity contribution in [3.8, 4) is 0 Å². The lowest BCUT2D eigenvalue weighted by Gasteiger charge is -2.03. The molecule has 0 bridgehead atoms. The van der Waals surface area contributed by atoms with E-state index < -0.39 is 0 Å². The summed E-state index contributed by atoms with van der Waals surface area (Å²) in [6.45, 7) is 2.11. The predicted molar refractivity (Wildman–Crippen MR) is 76.9 cm³/mol. The Balaban J connectivity index is 2.02. The van der Waals surface area contributed by atoms with Crippen LogP contribution in [0, 0.1) is 6.92 Å². The number of nitrogens with zero attached hydrogens (tertiary/aromatic N) is 2. The molecule has 0 saturated heterocycles. The van der Waals surface area contributed by atoms with Crippen molar-refractivity contribution in [1.29, 1.82) is 0 Å². The summed E-state index contributed by atoms with van der Waals surface area (Å²) in [6, 6.07) is 12.7. The monoisotopic (exact) mass is 300 g/mol. The van der Waals surface area contributed by atoms with Gasteiger partial charge in [0.1, 0.15) is 5.82 Å². The third-order valence-corrected chi connectivity index (χ3v) is 3.48. The number of aryl methyl sites for hydroxylation is 1. The molecule has 0 aliphatic carbocycles. The first-order valence-electron chi connectivity index (χ1n) is 5.89. The highest BCUT2D eigenvalue weighted by atomic mass is 79.9. The molecule has 3 rings (SSSR count). The highest BCUT2D eigenvalue weighted by Crippen LogP contribution is 2.16. The van der Waals surface area contributed by atoms with Crippen molar-refractivity contribution in [3.63, 3.8) is 0 Å². The van der Waals surface area contributed by atoms with E-state index in [0.29, 0.717) is 0 Å². The van der Waals surface area contributed by atoms with E-state index in [1.165, 1.54) is 11.1 Å². The molecule has 3 heteroatoms. The first kappa shape index (κ1) is 11.5. The van der Waals surface area contributed by atoms with Crippen molar-refractivity contribution < 1.29 is 0 Å². The van der Waals surface area contributed by atoms with Gasteiger partial charge in [-0.3, -0.25) is 0 Å². The Bertz CT molecular complexity index is 701. The van der Waals surface area contributed by atoms with Crippen molar-refractivity contribution in [1.82, 2.24) is 9.38 Å². The van der Waals surface area contributed by atoms with Gasteiger partial charge in [-0.15, -0.1) is 0 Å². The molecule has 0 radical (unpaired) electrons. The molecule has 90 valence electrons. The van der Waals surface area contributed by atoms with Gasteiger partial charge in [0.05, 0.1) is 11.7 Å². The maximum atomic E-state index is 4.50. The van der Waals surface area contributed by atoms with Crippen LogP contribution in [-0.2, 0) is 6.42 Å². The predicted octanol–water partition coefficient (Wildman–Crippen LogP) is 4.00. The number of halogens is 1. The lowest BCUT2D eigenvalue weighted by atomic mass is 10.1. The molecule has 18 heavy (non-hydrogen) atoms. The molecule has 0 fully saturated rings. The molecule has 0 amide bonds. The fourth-order valence-corrected chi connectivity index (χ4v) is 2.49. The second-order valence-electron chi connectivity index (χ2n) is 4.48. The van der Waals surface area contributed by atoms with Gasteiger partial charge >= 0.3 is 0 Å². The molecule has 1 aromatic carbocycles. The third-order valence-electron chi connectivity index (χ3n) is 3.01. The van der Waals surface area contributed by atoms with Crippen LogP contribution in [0.2, 0.25) is 0 Å². The number of benzene rings is 1. The third kappa shape index (κ3) is 2.18. The van der Waals surface area contributed by atoms with Crippen molar-refractivity contribution in [3.05, 3.63) is 70.2 Å². The fraction of sp³-hybridized carbons (Fsp3) is 0.133. The summed E-state index contributed by atoms with van der Waals surface area (Å²) in [5.41, 5.74) is 3.71. The van der Waals surface area contributed by atoms with Crippen LogP contribution in [-0.4, -0.2) is 9.38 Å². The van der Waals surface area contributed by atoms with Crippen LogP contribution in [0.25, 0.3) is 5.52 Å². The van der Waals surface area contributed by atoms with Crippen LogP contribution >= 0.6 is 15.9 Å². The lowest BCUT2D eigenvalue weighted by molar-refractivity contribution is 0.957. The summed E-state index contributed by atoms with van der Waals surface area (Å²) in [5.74, 6) is 1.07. The minimum atomic E-state index is 0.853. The Labute approximate surface area is 114 Å². The van der Waals surface area contributed by atoms with Gasteiger partial charge in [-0.05, 0) is 40.5 Å². The molecule has 2 aromatic heterocycles. The molecule has 0 unspecified atom stereocenters. The Morgan fingerprint density at radius 1 is 1.22 bits per heavy atom. The van der Waals surface area contributed by atoms with Crippen molar-refractivity contribution in [2.75, 3.05) is 0 Å². The van der Waals surface area contributed by atoms with Gasteiger partial charge in [-0.1, -0.05) is 29.8 Å². The first-order chi connectivity index (χ1) is 8.72. The number of hydrogen-bond acceptors (Lipinski definition) is 1. The molecule has 2 heterocycles. The second kappa shape index (κ2) is 4.58. The molecule has 0 spiro atoms. The average molecular weight is 301 g/mol. The van der Waals surface area contributed by atoms with E-state index in [9.17, 15) is 0 Å². The Morgan fingerprint density at radius 3 is 2.94 bits per heavy atom. The molecule has 0 atom stereocenters. The van der Waals surface area contributed by atoms with E-state index in [0.717, 1.165) is 22.2 Å². The Morgan fingerprint density at radius 2 is 2.11 bits per heavy atom. The molecular weight excluding hydrogens is 288 g/mol. The van der Waals surface area contributed by atoms with Gasteiger partial charge in [0, 0.05) is 17.1 Å².